The number of aliphatic imine (C=N–C) groups is 1. The maximum Gasteiger partial charge on any atom is 0.244 e. The number of nitrogens with two attached hydrogens (primary N) is 1. The number of hydrogen-bond donors (Lipinski definition) is 2. The molecule has 1 aromatic rings. The predicted molar refractivity (Wildman–Crippen MR) is 74.5 cm³/mol. The molecule has 0 heterocycles. The van der Waals surface area contributed by atoms with Crippen LogP contribution in [0.4, 0.5) is 5.69 Å². The second kappa shape index (κ2) is 7.32. The smallest absolute Gasteiger partial charge is 0.244 e. The third kappa shape index (κ3) is 4.45. The van der Waals surface area contributed by atoms with E-state index >= 15 is 0 Å². The molecule has 1 aromatic carbocycles. The number of amides is 1. The lowest BCUT2D eigenvalue weighted by Crippen LogP contribution is -2.33. The fourth-order valence-electron chi connectivity index (χ4n) is 1.54. The van der Waals surface area contributed by atoms with Crippen LogP contribution in [-0.2, 0) is 4.79 Å². The van der Waals surface area contributed by atoms with Crippen molar-refractivity contribution >= 4 is 17.6 Å². The summed E-state index contributed by atoms with van der Waals surface area (Å²) in [4.78, 5) is 17.4. The molecule has 0 aromatic heterocycles. The van der Waals surface area contributed by atoms with Crippen LogP contribution in [0.15, 0.2) is 35.3 Å². The van der Waals surface area contributed by atoms with Crippen molar-refractivity contribution in [2.24, 2.45) is 10.7 Å². The van der Waals surface area contributed by atoms with Crippen LogP contribution in [0, 0.1) is 0 Å². The Balaban J connectivity index is 2.49. The number of anilines is 1. The Morgan fingerprint density at radius 3 is 2.44 bits per heavy atom. The number of carbonyl (C=O) groups is 1. The first kappa shape index (κ1) is 14.0. The van der Waals surface area contributed by atoms with Gasteiger partial charge in [0, 0.05) is 18.8 Å². The molecule has 0 bridgehead atoms. The van der Waals surface area contributed by atoms with Crippen LogP contribution < -0.4 is 11.1 Å². The number of guanidine groups is 1. The van der Waals surface area contributed by atoms with Gasteiger partial charge in [-0.15, -0.1) is 0 Å². The van der Waals surface area contributed by atoms with Gasteiger partial charge in [-0.2, -0.15) is 0 Å². The van der Waals surface area contributed by atoms with Crippen LogP contribution in [0.1, 0.15) is 13.8 Å². The number of nitrogens with zero attached hydrogens (tertiary/aromatic N) is 2. The van der Waals surface area contributed by atoms with Crippen molar-refractivity contribution in [3.8, 4) is 0 Å². The summed E-state index contributed by atoms with van der Waals surface area (Å²) in [6.45, 7) is 5.34. The molecule has 98 valence electrons. The van der Waals surface area contributed by atoms with E-state index < -0.39 is 0 Å². The number of carbonyl (C=O) groups excluding carboxylic acids is 1. The van der Waals surface area contributed by atoms with Crippen LogP contribution in [0.25, 0.3) is 0 Å². The van der Waals surface area contributed by atoms with E-state index in [0.29, 0.717) is 13.1 Å². The van der Waals surface area contributed by atoms with E-state index in [4.69, 9.17) is 5.73 Å². The molecule has 0 saturated heterocycles. The Labute approximate surface area is 108 Å². The van der Waals surface area contributed by atoms with Crippen molar-refractivity contribution in [3.05, 3.63) is 30.3 Å². The molecule has 18 heavy (non-hydrogen) atoms. The fourth-order valence-corrected chi connectivity index (χ4v) is 1.54. The summed E-state index contributed by atoms with van der Waals surface area (Å²) in [6, 6.07) is 9.49. The van der Waals surface area contributed by atoms with Crippen LogP contribution in [-0.4, -0.2) is 36.4 Å². The van der Waals surface area contributed by atoms with Crippen molar-refractivity contribution in [1.29, 1.82) is 0 Å². The number of nitrogens with one attached hydrogen (secondary N) is 1. The van der Waals surface area contributed by atoms with Gasteiger partial charge >= 0.3 is 0 Å². The Morgan fingerprint density at radius 1 is 1.28 bits per heavy atom. The lowest BCUT2D eigenvalue weighted by molar-refractivity contribution is -0.129. The van der Waals surface area contributed by atoms with E-state index in [1.54, 1.807) is 4.90 Å². The molecular formula is C13H20N4O. The summed E-state index contributed by atoms with van der Waals surface area (Å²) in [5, 5.41) is 2.93. The number of hydrogen-bond acceptors (Lipinski definition) is 2. The third-order valence-corrected chi connectivity index (χ3v) is 2.55. The van der Waals surface area contributed by atoms with Gasteiger partial charge in [-0.1, -0.05) is 18.2 Å². The van der Waals surface area contributed by atoms with Gasteiger partial charge in [0.15, 0.2) is 5.96 Å². The van der Waals surface area contributed by atoms with Gasteiger partial charge in [-0.3, -0.25) is 4.79 Å². The Morgan fingerprint density at radius 2 is 1.89 bits per heavy atom. The number of benzene rings is 1. The first-order valence-electron chi connectivity index (χ1n) is 6.07. The van der Waals surface area contributed by atoms with E-state index in [0.717, 1.165) is 5.69 Å². The SMILES string of the molecule is CCN(CC)C(=O)CN=C(N)Nc1ccccc1. The Hall–Kier alpha value is -2.04. The average Bonchev–Trinajstić information content (AvgIpc) is 2.39. The zero-order chi connectivity index (χ0) is 13.4. The van der Waals surface area contributed by atoms with Crippen molar-refractivity contribution in [2.75, 3.05) is 25.0 Å². The number of rotatable bonds is 5. The highest BCUT2D eigenvalue weighted by Gasteiger charge is 2.08. The standard InChI is InChI=1S/C13H20N4O/c1-3-17(4-2)12(18)10-15-13(14)16-11-8-6-5-7-9-11/h5-9H,3-4,10H2,1-2H3,(H3,14,15,16). The molecule has 0 radical (unpaired) electrons. The molecule has 0 saturated carbocycles. The van der Waals surface area contributed by atoms with Crippen LogP contribution >= 0.6 is 0 Å². The highest BCUT2D eigenvalue weighted by atomic mass is 16.2. The highest BCUT2D eigenvalue weighted by Crippen LogP contribution is 2.03. The Bertz CT molecular complexity index is 399. The molecule has 0 fully saturated rings. The number of likely N-dealkylation sites (N-methyl/N-ethyl adjacent to an activating group) is 1. The molecule has 0 aliphatic carbocycles. The minimum atomic E-state index is -0.0159. The van der Waals surface area contributed by atoms with E-state index in [-0.39, 0.29) is 18.4 Å². The zero-order valence-corrected chi connectivity index (χ0v) is 10.9. The fraction of sp³-hybridized carbons (Fsp3) is 0.385. The molecule has 0 unspecified atom stereocenters. The first-order chi connectivity index (χ1) is 8.67. The molecule has 1 amide bonds. The van der Waals surface area contributed by atoms with Crippen LogP contribution in [0.2, 0.25) is 0 Å². The van der Waals surface area contributed by atoms with E-state index in [2.05, 4.69) is 10.3 Å². The number of para-hydroxylation sites is 1. The van der Waals surface area contributed by atoms with Crippen molar-refractivity contribution < 1.29 is 4.79 Å². The molecular weight excluding hydrogens is 228 g/mol. The van der Waals surface area contributed by atoms with E-state index in [1.165, 1.54) is 0 Å². The lowest BCUT2D eigenvalue weighted by atomic mass is 10.3. The summed E-state index contributed by atoms with van der Waals surface area (Å²) in [6.07, 6.45) is 0. The molecule has 0 atom stereocenters. The summed E-state index contributed by atoms with van der Waals surface area (Å²) in [7, 11) is 0. The molecule has 5 heteroatoms. The highest BCUT2D eigenvalue weighted by molar-refractivity contribution is 5.93. The average molecular weight is 248 g/mol. The summed E-state index contributed by atoms with van der Waals surface area (Å²) < 4.78 is 0. The molecule has 5 nitrogen and oxygen atoms in total. The van der Waals surface area contributed by atoms with Crippen LogP contribution in [0.3, 0.4) is 0 Å². The third-order valence-electron chi connectivity index (χ3n) is 2.55. The van der Waals surface area contributed by atoms with Gasteiger partial charge in [-0.05, 0) is 26.0 Å². The summed E-state index contributed by atoms with van der Waals surface area (Å²) in [5.74, 6) is 0.236. The minimum absolute atomic E-state index is 0.0159. The lowest BCUT2D eigenvalue weighted by Gasteiger charge is -2.17. The normalized spacial score (nSPS) is 11.1. The van der Waals surface area contributed by atoms with Crippen molar-refractivity contribution in [2.45, 2.75) is 13.8 Å². The van der Waals surface area contributed by atoms with Gasteiger partial charge in [0.2, 0.25) is 5.91 Å². The quantitative estimate of drug-likeness (QED) is 0.609. The molecule has 3 N–H and O–H groups in total. The molecule has 0 aliphatic heterocycles. The molecule has 1 rings (SSSR count). The second-order valence-electron chi connectivity index (χ2n) is 3.76. The van der Waals surface area contributed by atoms with Crippen molar-refractivity contribution in [3.63, 3.8) is 0 Å². The van der Waals surface area contributed by atoms with Gasteiger partial charge < -0.3 is 16.0 Å². The minimum Gasteiger partial charge on any atom is -0.370 e. The first-order valence-corrected chi connectivity index (χ1v) is 6.07. The second-order valence-corrected chi connectivity index (χ2v) is 3.76. The summed E-state index contributed by atoms with van der Waals surface area (Å²) in [5.41, 5.74) is 6.56. The summed E-state index contributed by atoms with van der Waals surface area (Å²) >= 11 is 0. The van der Waals surface area contributed by atoms with Gasteiger partial charge in [-0.25, -0.2) is 4.99 Å². The largest absolute Gasteiger partial charge is 0.370 e. The van der Waals surface area contributed by atoms with E-state index in [9.17, 15) is 4.79 Å². The van der Waals surface area contributed by atoms with Gasteiger partial charge in [0.05, 0.1) is 0 Å². The van der Waals surface area contributed by atoms with E-state index in [1.807, 2.05) is 44.2 Å². The van der Waals surface area contributed by atoms with Crippen LogP contribution in [0.5, 0.6) is 0 Å². The van der Waals surface area contributed by atoms with Gasteiger partial charge in [0.1, 0.15) is 6.54 Å². The molecule has 0 spiro atoms. The topological polar surface area (TPSA) is 70.7 Å². The maximum atomic E-state index is 11.7. The monoisotopic (exact) mass is 248 g/mol. The predicted octanol–water partition coefficient (Wildman–Crippen LogP) is 1.28. The molecule has 0 aliphatic rings. The van der Waals surface area contributed by atoms with Crippen molar-refractivity contribution in [1.82, 2.24) is 4.90 Å². The Kier molecular flexibility index (Phi) is 5.70. The van der Waals surface area contributed by atoms with Gasteiger partial charge in [0.25, 0.3) is 0 Å². The zero-order valence-electron chi connectivity index (χ0n) is 10.9. The maximum absolute atomic E-state index is 11.7.